The van der Waals surface area contributed by atoms with Crippen LogP contribution in [0.25, 0.3) is 10.9 Å². The number of aliphatic hydroxyl groups is 1. The summed E-state index contributed by atoms with van der Waals surface area (Å²) in [5.74, 6) is 1.87. The van der Waals surface area contributed by atoms with Gasteiger partial charge in [-0.3, -0.25) is 9.58 Å². The van der Waals surface area contributed by atoms with E-state index >= 15 is 0 Å². The topological polar surface area (TPSA) is 72.0 Å². The Balaban J connectivity index is 1.57. The van der Waals surface area contributed by atoms with Crippen LogP contribution in [0.1, 0.15) is 36.1 Å². The van der Waals surface area contributed by atoms with Gasteiger partial charge in [-0.05, 0) is 31.5 Å². The van der Waals surface area contributed by atoms with Gasteiger partial charge in [-0.15, -0.1) is 10.2 Å². The number of hydrogen-bond donors (Lipinski definition) is 1. The summed E-state index contributed by atoms with van der Waals surface area (Å²) in [6, 6.07) is 5.93. The molecular weight excluding hydrogens is 352 g/mol. The summed E-state index contributed by atoms with van der Waals surface area (Å²) in [5.41, 5.74) is 2.07. The second kappa shape index (κ2) is 6.98. The van der Waals surface area contributed by atoms with Gasteiger partial charge in [0.1, 0.15) is 12.4 Å². The molecule has 1 aliphatic heterocycles. The number of benzene rings is 1. The van der Waals surface area contributed by atoms with E-state index in [1.807, 2.05) is 41.5 Å². The minimum atomic E-state index is -0.0850. The predicted octanol–water partition coefficient (Wildman–Crippen LogP) is 2.23. The average molecular weight is 375 g/mol. The lowest BCUT2D eigenvalue weighted by Gasteiger charge is -2.31. The molecule has 26 heavy (non-hydrogen) atoms. The molecule has 1 aliphatic rings. The standard InChI is InChI=1S/C18H23ClN6O/c1-23-16(11-26)20-21-18(23)12-5-4-8-25(9-12)10-14-17-13(19)6-3-7-15(17)24(2)22-14/h3,6-7,12,26H,4-5,8-11H2,1-2H3. The quantitative estimate of drug-likeness (QED) is 0.758. The van der Waals surface area contributed by atoms with Gasteiger partial charge in [-0.25, -0.2) is 0 Å². The minimum absolute atomic E-state index is 0.0850. The summed E-state index contributed by atoms with van der Waals surface area (Å²) in [6.07, 6.45) is 2.18. The van der Waals surface area contributed by atoms with E-state index in [1.165, 1.54) is 0 Å². The maximum Gasteiger partial charge on any atom is 0.158 e. The van der Waals surface area contributed by atoms with E-state index < -0.39 is 0 Å². The molecule has 1 saturated heterocycles. The summed E-state index contributed by atoms with van der Waals surface area (Å²) in [5, 5.41) is 24.2. The number of rotatable bonds is 4. The number of fused-ring (bicyclic) bond motifs is 1. The Morgan fingerprint density at radius 1 is 1.27 bits per heavy atom. The monoisotopic (exact) mass is 374 g/mol. The highest BCUT2D eigenvalue weighted by Gasteiger charge is 2.27. The Bertz CT molecular complexity index is 933. The second-order valence-corrected chi connectivity index (χ2v) is 7.38. The lowest BCUT2D eigenvalue weighted by Crippen LogP contribution is -2.35. The molecule has 0 amide bonds. The molecule has 0 bridgehead atoms. The summed E-state index contributed by atoms with van der Waals surface area (Å²) in [4.78, 5) is 2.41. The van der Waals surface area contributed by atoms with Crippen LogP contribution in [0.15, 0.2) is 18.2 Å². The van der Waals surface area contributed by atoms with Crippen LogP contribution >= 0.6 is 11.6 Å². The molecule has 1 aromatic carbocycles. The van der Waals surface area contributed by atoms with Crippen molar-refractivity contribution in [3.05, 3.63) is 40.6 Å². The fourth-order valence-electron chi connectivity index (χ4n) is 3.95. The molecule has 0 spiro atoms. The Kier molecular flexibility index (Phi) is 4.69. The van der Waals surface area contributed by atoms with Gasteiger partial charge in [0, 0.05) is 38.5 Å². The van der Waals surface area contributed by atoms with Crippen LogP contribution in [0.5, 0.6) is 0 Å². The van der Waals surface area contributed by atoms with E-state index in [1.54, 1.807) is 0 Å². The molecule has 2 aromatic heterocycles. The molecule has 0 aliphatic carbocycles. The lowest BCUT2D eigenvalue weighted by molar-refractivity contribution is 0.193. The molecule has 8 heteroatoms. The molecule has 3 aromatic rings. The lowest BCUT2D eigenvalue weighted by atomic mass is 9.97. The largest absolute Gasteiger partial charge is 0.388 e. The van der Waals surface area contributed by atoms with Crippen molar-refractivity contribution in [1.82, 2.24) is 29.4 Å². The molecule has 0 saturated carbocycles. The minimum Gasteiger partial charge on any atom is -0.388 e. The van der Waals surface area contributed by atoms with Gasteiger partial charge in [0.05, 0.1) is 16.2 Å². The van der Waals surface area contributed by atoms with E-state index in [-0.39, 0.29) is 6.61 Å². The van der Waals surface area contributed by atoms with Crippen LogP contribution in [0, 0.1) is 0 Å². The van der Waals surface area contributed by atoms with Gasteiger partial charge >= 0.3 is 0 Å². The van der Waals surface area contributed by atoms with E-state index in [0.29, 0.717) is 11.7 Å². The maximum absolute atomic E-state index is 9.35. The average Bonchev–Trinajstić information content (AvgIpc) is 3.16. The molecule has 138 valence electrons. The number of piperidine rings is 1. The van der Waals surface area contributed by atoms with E-state index in [9.17, 15) is 5.11 Å². The number of hydrogen-bond acceptors (Lipinski definition) is 5. The molecule has 7 nitrogen and oxygen atoms in total. The predicted molar refractivity (Wildman–Crippen MR) is 99.9 cm³/mol. The first kappa shape index (κ1) is 17.5. The summed E-state index contributed by atoms with van der Waals surface area (Å²) >= 11 is 6.44. The smallest absolute Gasteiger partial charge is 0.158 e. The molecule has 1 N–H and O–H groups in total. The summed E-state index contributed by atoms with van der Waals surface area (Å²) < 4.78 is 3.81. The zero-order valence-electron chi connectivity index (χ0n) is 15.1. The van der Waals surface area contributed by atoms with Crippen LogP contribution in [0.3, 0.4) is 0 Å². The zero-order valence-corrected chi connectivity index (χ0v) is 15.8. The van der Waals surface area contributed by atoms with Gasteiger partial charge in [0.15, 0.2) is 5.82 Å². The van der Waals surface area contributed by atoms with Crippen molar-refractivity contribution < 1.29 is 5.11 Å². The van der Waals surface area contributed by atoms with Gasteiger partial charge in [0.2, 0.25) is 0 Å². The van der Waals surface area contributed by atoms with Crippen molar-refractivity contribution in [2.75, 3.05) is 13.1 Å². The number of aromatic nitrogens is 5. The van der Waals surface area contributed by atoms with Crippen molar-refractivity contribution in [3.8, 4) is 0 Å². The van der Waals surface area contributed by atoms with Crippen LogP contribution in [0.4, 0.5) is 0 Å². The first-order valence-corrected chi connectivity index (χ1v) is 9.27. The fourth-order valence-corrected chi connectivity index (χ4v) is 4.23. The van der Waals surface area contributed by atoms with Crippen molar-refractivity contribution in [2.24, 2.45) is 14.1 Å². The molecule has 1 atom stereocenters. The zero-order chi connectivity index (χ0) is 18.3. The third kappa shape index (κ3) is 3.00. The van der Waals surface area contributed by atoms with Crippen molar-refractivity contribution in [1.29, 1.82) is 0 Å². The highest BCUT2D eigenvalue weighted by molar-refractivity contribution is 6.35. The van der Waals surface area contributed by atoms with Gasteiger partial charge in [-0.1, -0.05) is 17.7 Å². The summed E-state index contributed by atoms with van der Waals surface area (Å²) in [6.45, 7) is 2.62. The van der Waals surface area contributed by atoms with E-state index in [4.69, 9.17) is 16.7 Å². The second-order valence-electron chi connectivity index (χ2n) is 6.97. The van der Waals surface area contributed by atoms with Crippen molar-refractivity contribution >= 4 is 22.5 Å². The normalized spacial score (nSPS) is 18.7. The SMILES string of the molecule is Cn1c(CO)nnc1C1CCCN(Cc2nn(C)c3cccc(Cl)c23)C1. The Morgan fingerprint density at radius 2 is 2.12 bits per heavy atom. The highest BCUT2D eigenvalue weighted by Crippen LogP contribution is 2.30. The number of nitrogens with zero attached hydrogens (tertiary/aromatic N) is 6. The Labute approximate surface area is 157 Å². The first-order chi connectivity index (χ1) is 12.6. The highest BCUT2D eigenvalue weighted by atomic mass is 35.5. The molecule has 0 radical (unpaired) electrons. The molecule has 1 fully saturated rings. The van der Waals surface area contributed by atoms with Crippen LogP contribution in [-0.2, 0) is 27.2 Å². The Hall–Kier alpha value is -1.96. The van der Waals surface area contributed by atoms with Gasteiger partial charge in [0.25, 0.3) is 0 Å². The molecule has 4 rings (SSSR count). The molecule has 3 heterocycles. The van der Waals surface area contributed by atoms with Crippen LogP contribution in [-0.4, -0.2) is 47.6 Å². The Morgan fingerprint density at radius 3 is 2.88 bits per heavy atom. The molecule has 1 unspecified atom stereocenters. The van der Waals surface area contributed by atoms with Crippen LogP contribution in [0.2, 0.25) is 5.02 Å². The fraction of sp³-hybridized carbons (Fsp3) is 0.500. The molecular formula is C18H23ClN6O. The van der Waals surface area contributed by atoms with Gasteiger partial charge in [-0.2, -0.15) is 5.10 Å². The van der Waals surface area contributed by atoms with Gasteiger partial charge < -0.3 is 9.67 Å². The number of likely N-dealkylation sites (tertiary alicyclic amines) is 1. The van der Waals surface area contributed by atoms with E-state index in [2.05, 4.69) is 15.1 Å². The number of aryl methyl sites for hydroxylation is 1. The maximum atomic E-state index is 9.35. The number of aliphatic hydroxyl groups excluding tert-OH is 1. The van der Waals surface area contributed by atoms with E-state index in [0.717, 1.165) is 59.9 Å². The van der Waals surface area contributed by atoms with Crippen molar-refractivity contribution in [3.63, 3.8) is 0 Å². The summed E-state index contributed by atoms with van der Waals surface area (Å²) in [7, 11) is 3.88. The number of halogens is 1. The van der Waals surface area contributed by atoms with Crippen molar-refractivity contribution in [2.45, 2.75) is 31.9 Å². The first-order valence-electron chi connectivity index (χ1n) is 8.90. The third-order valence-electron chi connectivity index (χ3n) is 5.28. The third-order valence-corrected chi connectivity index (χ3v) is 5.60. The van der Waals surface area contributed by atoms with Crippen LogP contribution < -0.4 is 0 Å².